The maximum absolute atomic E-state index is 12.2. The van der Waals surface area contributed by atoms with E-state index in [0.29, 0.717) is 24.4 Å². The molecular weight excluding hydrogens is 296 g/mol. The van der Waals surface area contributed by atoms with Gasteiger partial charge in [-0.2, -0.15) is 5.10 Å². The largest absolute Gasteiger partial charge is 0.383 e. The summed E-state index contributed by atoms with van der Waals surface area (Å²) in [7, 11) is 1.56. The first-order valence-electron chi connectivity index (χ1n) is 7.27. The second kappa shape index (κ2) is 8.09. The fraction of sp³-hybridized carbons (Fsp3) is 0.312. The summed E-state index contributed by atoms with van der Waals surface area (Å²) in [5, 5.41) is 9.46. The van der Waals surface area contributed by atoms with E-state index in [-0.39, 0.29) is 18.4 Å². The number of ether oxygens (including phenoxy) is 1. The van der Waals surface area contributed by atoms with Crippen molar-refractivity contribution >= 4 is 11.8 Å². The smallest absolute Gasteiger partial charge is 0.255 e. The molecule has 0 aliphatic carbocycles. The lowest BCUT2D eigenvalue weighted by Gasteiger charge is -2.07. The SMILES string of the molecule is COCCNC(=O)CNC(=O)c1cnn(-c2ccccc2)c1C. The van der Waals surface area contributed by atoms with Crippen LogP contribution in [0.15, 0.2) is 36.5 Å². The lowest BCUT2D eigenvalue weighted by atomic mass is 10.2. The van der Waals surface area contributed by atoms with Gasteiger partial charge in [0, 0.05) is 13.7 Å². The van der Waals surface area contributed by atoms with E-state index in [9.17, 15) is 9.59 Å². The fourth-order valence-electron chi connectivity index (χ4n) is 2.07. The van der Waals surface area contributed by atoms with E-state index in [1.807, 2.05) is 37.3 Å². The Kier molecular flexibility index (Phi) is 5.87. The molecule has 1 aromatic heterocycles. The third kappa shape index (κ3) is 4.40. The number of methoxy groups -OCH3 is 1. The summed E-state index contributed by atoms with van der Waals surface area (Å²) in [6, 6.07) is 9.54. The van der Waals surface area contributed by atoms with Gasteiger partial charge in [0.25, 0.3) is 5.91 Å². The van der Waals surface area contributed by atoms with Crippen LogP contribution in [0.5, 0.6) is 0 Å². The molecule has 7 nitrogen and oxygen atoms in total. The molecule has 122 valence electrons. The molecule has 0 aliphatic rings. The third-order valence-corrected chi connectivity index (χ3v) is 3.29. The zero-order chi connectivity index (χ0) is 16.7. The van der Waals surface area contributed by atoms with E-state index >= 15 is 0 Å². The van der Waals surface area contributed by atoms with Crippen molar-refractivity contribution in [3.8, 4) is 5.69 Å². The maximum atomic E-state index is 12.2. The number of hydrogen-bond acceptors (Lipinski definition) is 4. The molecule has 2 aromatic rings. The highest BCUT2D eigenvalue weighted by molar-refractivity contribution is 5.97. The van der Waals surface area contributed by atoms with Crippen LogP contribution >= 0.6 is 0 Å². The van der Waals surface area contributed by atoms with Gasteiger partial charge in [-0.3, -0.25) is 9.59 Å². The van der Waals surface area contributed by atoms with Crippen LogP contribution in [0.1, 0.15) is 16.1 Å². The number of rotatable bonds is 7. The Labute approximate surface area is 134 Å². The Morgan fingerprint density at radius 2 is 1.96 bits per heavy atom. The highest BCUT2D eigenvalue weighted by Gasteiger charge is 2.15. The number of carbonyl (C=O) groups is 2. The quantitative estimate of drug-likeness (QED) is 0.735. The number of aromatic nitrogens is 2. The first kappa shape index (κ1) is 16.7. The summed E-state index contributed by atoms with van der Waals surface area (Å²) in [4.78, 5) is 23.7. The maximum Gasteiger partial charge on any atom is 0.255 e. The van der Waals surface area contributed by atoms with Gasteiger partial charge in [-0.1, -0.05) is 18.2 Å². The Bertz CT molecular complexity index is 667. The average molecular weight is 316 g/mol. The van der Waals surface area contributed by atoms with Gasteiger partial charge < -0.3 is 15.4 Å². The zero-order valence-corrected chi connectivity index (χ0v) is 13.2. The molecule has 2 N–H and O–H groups in total. The number of nitrogens with zero attached hydrogens (tertiary/aromatic N) is 2. The second-order valence-corrected chi connectivity index (χ2v) is 4.92. The lowest BCUT2D eigenvalue weighted by molar-refractivity contribution is -0.120. The molecule has 0 saturated heterocycles. The lowest BCUT2D eigenvalue weighted by Crippen LogP contribution is -2.38. The number of amides is 2. The Morgan fingerprint density at radius 3 is 2.65 bits per heavy atom. The van der Waals surface area contributed by atoms with E-state index in [2.05, 4.69) is 15.7 Å². The molecule has 0 bridgehead atoms. The number of carbonyl (C=O) groups excluding carboxylic acids is 2. The monoisotopic (exact) mass is 316 g/mol. The van der Waals surface area contributed by atoms with Crippen molar-refractivity contribution in [2.24, 2.45) is 0 Å². The molecule has 1 heterocycles. The molecule has 0 saturated carbocycles. The summed E-state index contributed by atoms with van der Waals surface area (Å²) >= 11 is 0. The van der Waals surface area contributed by atoms with Crippen LogP contribution in [0.3, 0.4) is 0 Å². The van der Waals surface area contributed by atoms with Crippen molar-refractivity contribution in [3.05, 3.63) is 47.8 Å². The van der Waals surface area contributed by atoms with Crippen molar-refractivity contribution < 1.29 is 14.3 Å². The number of nitrogens with one attached hydrogen (secondary N) is 2. The molecular formula is C16H20N4O3. The second-order valence-electron chi connectivity index (χ2n) is 4.92. The van der Waals surface area contributed by atoms with Gasteiger partial charge in [0.2, 0.25) is 5.91 Å². The minimum absolute atomic E-state index is 0.0848. The fourth-order valence-corrected chi connectivity index (χ4v) is 2.07. The van der Waals surface area contributed by atoms with Crippen molar-refractivity contribution in [3.63, 3.8) is 0 Å². The van der Waals surface area contributed by atoms with Gasteiger partial charge in [-0.15, -0.1) is 0 Å². The third-order valence-electron chi connectivity index (χ3n) is 3.29. The van der Waals surface area contributed by atoms with Crippen LogP contribution in [0.4, 0.5) is 0 Å². The summed E-state index contributed by atoms with van der Waals surface area (Å²) in [5.41, 5.74) is 2.04. The molecule has 2 amide bonds. The summed E-state index contributed by atoms with van der Waals surface area (Å²) in [6.07, 6.45) is 1.50. The minimum Gasteiger partial charge on any atom is -0.383 e. The highest BCUT2D eigenvalue weighted by Crippen LogP contribution is 2.13. The molecule has 23 heavy (non-hydrogen) atoms. The minimum atomic E-state index is -0.327. The molecule has 0 aliphatic heterocycles. The van der Waals surface area contributed by atoms with Crippen LogP contribution in [0, 0.1) is 6.92 Å². The highest BCUT2D eigenvalue weighted by atomic mass is 16.5. The van der Waals surface area contributed by atoms with Crippen LogP contribution in [0.25, 0.3) is 5.69 Å². The van der Waals surface area contributed by atoms with Crippen molar-refractivity contribution in [1.29, 1.82) is 0 Å². The molecule has 7 heteroatoms. The summed E-state index contributed by atoms with van der Waals surface area (Å²) in [5.74, 6) is -0.588. The Hall–Kier alpha value is -2.67. The number of benzene rings is 1. The predicted octanol–water partition coefficient (Wildman–Crippen LogP) is 0.673. The van der Waals surface area contributed by atoms with E-state index in [0.717, 1.165) is 5.69 Å². The van der Waals surface area contributed by atoms with Crippen LogP contribution < -0.4 is 10.6 Å². The van der Waals surface area contributed by atoms with Crippen molar-refractivity contribution in [2.45, 2.75) is 6.92 Å². The van der Waals surface area contributed by atoms with Crippen LogP contribution in [0.2, 0.25) is 0 Å². The number of hydrogen-bond donors (Lipinski definition) is 2. The first-order chi connectivity index (χ1) is 11.1. The molecule has 0 spiro atoms. The van der Waals surface area contributed by atoms with Gasteiger partial charge in [0.15, 0.2) is 0 Å². The molecule has 0 atom stereocenters. The molecule has 2 rings (SSSR count). The van der Waals surface area contributed by atoms with Crippen LogP contribution in [-0.2, 0) is 9.53 Å². The number of para-hydroxylation sites is 1. The van der Waals surface area contributed by atoms with E-state index in [1.165, 1.54) is 6.20 Å². The Balaban J connectivity index is 1.96. The molecule has 0 radical (unpaired) electrons. The van der Waals surface area contributed by atoms with Gasteiger partial charge in [0.05, 0.1) is 36.3 Å². The summed E-state index contributed by atoms with van der Waals surface area (Å²) in [6.45, 7) is 2.57. The Morgan fingerprint density at radius 1 is 1.22 bits per heavy atom. The molecule has 0 fully saturated rings. The first-order valence-corrected chi connectivity index (χ1v) is 7.27. The van der Waals surface area contributed by atoms with E-state index < -0.39 is 0 Å². The van der Waals surface area contributed by atoms with Gasteiger partial charge in [-0.05, 0) is 19.1 Å². The average Bonchev–Trinajstić information content (AvgIpc) is 2.95. The molecule has 0 unspecified atom stereocenters. The zero-order valence-electron chi connectivity index (χ0n) is 13.2. The van der Waals surface area contributed by atoms with Gasteiger partial charge >= 0.3 is 0 Å². The van der Waals surface area contributed by atoms with Crippen LogP contribution in [-0.4, -0.2) is 48.4 Å². The molecule has 1 aromatic carbocycles. The summed E-state index contributed by atoms with van der Waals surface area (Å²) < 4.78 is 6.52. The normalized spacial score (nSPS) is 10.3. The van der Waals surface area contributed by atoms with E-state index in [4.69, 9.17) is 4.74 Å². The predicted molar refractivity (Wildman–Crippen MR) is 85.5 cm³/mol. The topological polar surface area (TPSA) is 85.2 Å². The standard InChI is InChI=1S/C16H20N4O3/c1-12-14(10-19-20(12)13-6-4-3-5-7-13)16(22)18-11-15(21)17-8-9-23-2/h3-7,10H,8-9,11H2,1-2H3,(H,17,21)(H,18,22). The van der Waals surface area contributed by atoms with Gasteiger partial charge in [0.1, 0.15) is 0 Å². The van der Waals surface area contributed by atoms with Crippen molar-refractivity contribution in [1.82, 2.24) is 20.4 Å². The van der Waals surface area contributed by atoms with E-state index in [1.54, 1.807) is 11.8 Å². The van der Waals surface area contributed by atoms with Crippen molar-refractivity contribution in [2.75, 3.05) is 26.8 Å². The van der Waals surface area contributed by atoms with Gasteiger partial charge in [-0.25, -0.2) is 4.68 Å².